The molecule has 1 amide bonds. The standard InChI is InChI=1S/C23H18F4N6O2/c1-13(2)19-29-10-15(11-30-19)21(34)33(18-5-3-4-16(24)8-18)12-17-7-6-14(9-28-17)20-31-22(35-32-20)23(25,26)27/h3-11,13H,12H2,1-2H3. The molecule has 0 fully saturated rings. The minimum absolute atomic E-state index is 0.0610. The smallest absolute Gasteiger partial charge is 0.329 e. The van der Waals surface area contributed by atoms with Gasteiger partial charge in [0.05, 0.1) is 17.8 Å². The number of hydrogen-bond acceptors (Lipinski definition) is 7. The van der Waals surface area contributed by atoms with Crippen molar-refractivity contribution in [3.8, 4) is 11.4 Å². The molecule has 0 saturated heterocycles. The number of halogens is 4. The molecule has 0 radical (unpaired) electrons. The van der Waals surface area contributed by atoms with E-state index in [2.05, 4.69) is 29.6 Å². The highest BCUT2D eigenvalue weighted by Gasteiger charge is 2.38. The largest absolute Gasteiger partial charge is 0.471 e. The van der Waals surface area contributed by atoms with E-state index in [1.807, 2.05) is 13.8 Å². The zero-order valence-electron chi connectivity index (χ0n) is 18.5. The number of anilines is 1. The number of nitrogens with zero attached hydrogens (tertiary/aromatic N) is 6. The van der Waals surface area contributed by atoms with Gasteiger partial charge in [-0.05, 0) is 30.3 Å². The fraction of sp³-hybridized carbons (Fsp3) is 0.217. The van der Waals surface area contributed by atoms with Gasteiger partial charge in [-0.1, -0.05) is 25.1 Å². The molecule has 0 N–H and O–H groups in total. The van der Waals surface area contributed by atoms with Gasteiger partial charge in [0.15, 0.2) is 0 Å². The summed E-state index contributed by atoms with van der Waals surface area (Å²) >= 11 is 0. The van der Waals surface area contributed by atoms with Crippen molar-refractivity contribution in [2.45, 2.75) is 32.5 Å². The molecule has 180 valence electrons. The topological polar surface area (TPSA) is 97.9 Å². The maximum atomic E-state index is 13.9. The lowest BCUT2D eigenvalue weighted by atomic mass is 10.2. The SMILES string of the molecule is CC(C)c1ncc(C(=O)N(Cc2ccc(-c3noc(C(F)(F)F)n3)cn2)c2cccc(F)c2)cn1. The zero-order chi connectivity index (χ0) is 25.2. The first-order chi connectivity index (χ1) is 16.6. The van der Waals surface area contributed by atoms with Crippen molar-refractivity contribution >= 4 is 11.6 Å². The van der Waals surface area contributed by atoms with Crippen molar-refractivity contribution in [1.82, 2.24) is 25.1 Å². The number of amides is 1. The van der Waals surface area contributed by atoms with Crippen LogP contribution in [0, 0.1) is 5.82 Å². The summed E-state index contributed by atoms with van der Waals surface area (Å²) in [7, 11) is 0. The second-order valence-corrected chi connectivity index (χ2v) is 7.81. The summed E-state index contributed by atoms with van der Waals surface area (Å²) in [5.41, 5.74) is 1.04. The lowest BCUT2D eigenvalue weighted by Crippen LogP contribution is -2.31. The second-order valence-electron chi connectivity index (χ2n) is 7.81. The Morgan fingerprint density at radius 3 is 2.37 bits per heavy atom. The number of pyridine rings is 1. The lowest BCUT2D eigenvalue weighted by Gasteiger charge is -2.22. The Morgan fingerprint density at radius 2 is 1.80 bits per heavy atom. The molecule has 1 aromatic carbocycles. The molecule has 0 aliphatic rings. The van der Waals surface area contributed by atoms with Crippen LogP contribution in [-0.2, 0) is 12.7 Å². The Labute approximate surface area is 196 Å². The highest BCUT2D eigenvalue weighted by molar-refractivity contribution is 6.05. The molecular formula is C23H18F4N6O2. The van der Waals surface area contributed by atoms with E-state index in [4.69, 9.17) is 0 Å². The summed E-state index contributed by atoms with van der Waals surface area (Å²) in [5, 5.41) is 3.32. The van der Waals surface area contributed by atoms with Gasteiger partial charge >= 0.3 is 12.1 Å². The van der Waals surface area contributed by atoms with Gasteiger partial charge < -0.3 is 9.42 Å². The molecule has 4 aromatic rings. The molecule has 0 aliphatic heterocycles. The fourth-order valence-corrected chi connectivity index (χ4v) is 3.09. The van der Waals surface area contributed by atoms with Crippen molar-refractivity contribution in [2.75, 3.05) is 4.90 Å². The third-order valence-electron chi connectivity index (χ3n) is 4.87. The lowest BCUT2D eigenvalue weighted by molar-refractivity contribution is -0.159. The molecule has 0 atom stereocenters. The van der Waals surface area contributed by atoms with Crippen molar-refractivity contribution in [3.05, 3.63) is 83.8 Å². The van der Waals surface area contributed by atoms with Crippen LogP contribution in [0.25, 0.3) is 11.4 Å². The van der Waals surface area contributed by atoms with Crippen molar-refractivity contribution < 1.29 is 26.9 Å². The molecular weight excluding hydrogens is 468 g/mol. The number of rotatable bonds is 6. The third kappa shape index (κ3) is 5.48. The van der Waals surface area contributed by atoms with Crippen molar-refractivity contribution in [3.63, 3.8) is 0 Å². The normalized spacial score (nSPS) is 11.6. The van der Waals surface area contributed by atoms with Gasteiger partial charge in [-0.15, -0.1) is 0 Å². The van der Waals surface area contributed by atoms with Crippen LogP contribution in [0.2, 0.25) is 0 Å². The van der Waals surface area contributed by atoms with Crippen molar-refractivity contribution in [2.24, 2.45) is 0 Å². The number of carbonyl (C=O) groups is 1. The minimum Gasteiger partial charge on any atom is -0.329 e. The average Bonchev–Trinajstić information content (AvgIpc) is 3.34. The second kappa shape index (κ2) is 9.57. The fourth-order valence-electron chi connectivity index (χ4n) is 3.09. The first kappa shape index (κ1) is 23.9. The van der Waals surface area contributed by atoms with Gasteiger partial charge in [0, 0.05) is 35.8 Å². The summed E-state index contributed by atoms with van der Waals surface area (Å²) in [5.74, 6) is -2.11. The molecule has 0 bridgehead atoms. The predicted octanol–water partition coefficient (Wildman–Crippen LogP) is 5.05. The van der Waals surface area contributed by atoms with Crippen LogP contribution in [0.1, 0.15) is 47.5 Å². The summed E-state index contributed by atoms with van der Waals surface area (Å²) < 4.78 is 56.3. The van der Waals surface area contributed by atoms with E-state index in [9.17, 15) is 22.4 Å². The van der Waals surface area contributed by atoms with E-state index in [1.165, 1.54) is 53.8 Å². The Morgan fingerprint density at radius 1 is 1.06 bits per heavy atom. The predicted molar refractivity (Wildman–Crippen MR) is 116 cm³/mol. The molecule has 4 rings (SSSR count). The quantitative estimate of drug-likeness (QED) is 0.352. The molecule has 3 heterocycles. The summed E-state index contributed by atoms with van der Waals surface area (Å²) in [6.07, 6.45) is -0.694. The molecule has 12 heteroatoms. The number of carbonyl (C=O) groups excluding carboxylic acids is 1. The zero-order valence-corrected chi connectivity index (χ0v) is 18.5. The van der Waals surface area contributed by atoms with Crippen LogP contribution in [-0.4, -0.2) is 31.0 Å². The Kier molecular flexibility index (Phi) is 6.54. The number of alkyl halides is 3. The molecule has 0 saturated carbocycles. The number of aromatic nitrogens is 5. The molecule has 0 spiro atoms. The summed E-state index contributed by atoms with van der Waals surface area (Å²) in [6, 6.07) is 8.43. The van der Waals surface area contributed by atoms with Crippen LogP contribution < -0.4 is 4.90 Å². The van der Waals surface area contributed by atoms with Gasteiger partial charge in [-0.25, -0.2) is 14.4 Å². The van der Waals surface area contributed by atoms with Crippen LogP contribution in [0.5, 0.6) is 0 Å². The van der Waals surface area contributed by atoms with Gasteiger partial charge in [0.2, 0.25) is 5.82 Å². The van der Waals surface area contributed by atoms with E-state index in [-0.39, 0.29) is 35.1 Å². The van der Waals surface area contributed by atoms with Gasteiger partial charge in [0.25, 0.3) is 5.91 Å². The Bertz CT molecular complexity index is 1320. The monoisotopic (exact) mass is 486 g/mol. The Hall–Kier alpha value is -4.22. The number of hydrogen-bond donors (Lipinski definition) is 0. The third-order valence-corrected chi connectivity index (χ3v) is 4.87. The summed E-state index contributed by atoms with van der Waals surface area (Å²) in [6.45, 7) is 3.78. The maximum Gasteiger partial charge on any atom is 0.471 e. The first-order valence-electron chi connectivity index (χ1n) is 10.4. The van der Waals surface area contributed by atoms with Crippen LogP contribution in [0.15, 0.2) is 59.5 Å². The van der Waals surface area contributed by atoms with E-state index in [1.54, 1.807) is 6.07 Å². The highest BCUT2D eigenvalue weighted by atomic mass is 19.4. The summed E-state index contributed by atoms with van der Waals surface area (Å²) in [4.78, 5) is 30.5. The van der Waals surface area contributed by atoms with E-state index >= 15 is 0 Å². The highest BCUT2D eigenvalue weighted by Crippen LogP contribution is 2.29. The molecule has 3 aromatic heterocycles. The molecule has 0 aliphatic carbocycles. The first-order valence-corrected chi connectivity index (χ1v) is 10.4. The van der Waals surface area contributed by atoms with Gasteiger partial charge in [0.1, 0.15) is 11.6 Å². The molecule has 0 unspecified atom stereocenters. The van der Waals surface area contributed by atoms with Gasteiger partial charge in [-0.2, -0.15) is 18.2 Å². The van der Waals surface area contributed by atoms with Crippen LogP contribution >= 0.6 is 0 Å². The van der Waals surface area contributed by atoms with E-state index < -0.39 is 23.8 Å². The van der Waals surface area contributed by atoms with Crippen LogP contribution in [0.4, 0.5) is 23.2 Å². The van der Waals surface area contributed by atoms with Gasteiger partial charge in [-0.3, -0.25) is 9.78 Å². The van der Waals surface area contributed by atoms with Crippen molar-refractivity contribution in [1.29, 1.82) is 0 Å². The van der Waals surface area contributed by atoms with Crippen LogP contribution in [0.3, 0.4) is 0 Å². The van der Waals surface area contributed by atoms with E-state index in [0.717, 1.165) is 0 Å². The minimum atomic E-state index is -4.76. The average molecular weight is 486 g/mol. The number of benzene rings is 1. The van der Waals surface area contributed by atoms with E-state index in [0.29, 0.717) is 11.5 Å². The molecule has 35 heavy (non-hydrogen) atoms. The Balaban J connectivity index is 1.61. The molecule has 8 nitrogen and oxygen atoms in total. The maximum absolute atomic E-state index is 13.9.